The lowest BCUT2D eigenvalue weighted by molar-refractivity contribution is -0.143. The van der Waals surface area contributed by atoms with Gasteiger partial charge in [-0.05, 0) is 52.4 Å². The van der Waals surface area contributed by atoms with Crippen molar-refractivity contribution in [2.24, 2.45) is 11.8 Å². The van der Waals surface area contributed by atoms with Gasteiger partial charge in [0.1, 0.15) is 11.5 Å². The van der Waals surface area contributed by atoms with Gasteiger partial charge >= 0.3 is 5.97 Å². The highest BCUT2D eigenvalue weighted by atomic mass is 16.4. The van der Waals surface area contributed by atoms with Gasteiger partial charge in [-0.1, -0.05) is 0 Å². The molecule has 0 atom stereocenters. The molecule has 0 bridgehead atoms. The van der Waals surface area contributed by atoms with Crippen molar-refractivity contribution in [3.05, 3.63) is 22.6 Å². The molecule has 1 heterocycles. The van der Waals surface area contributed by atoms with Crippen molar-refractivity contribution in [2.45, 2.75) is 46.5 Å². The van der Waals surface area contributed by atoms with E-state index in [1.807, 2.05) is 13.8 Å². The van der Waals surface area contributed by atoms with Crippen LogP contribution in [-0.2, 0) is 4.79 Å². The highest BCUT2D eigenvalue weighted by Gasteiger charge is 2.26. The number of furan rings is 1. The molecule has 1 aliphatic rings. The molecule has 1 aliphatic carbocycles. The lowest BCUT2D eigenvalue weighted by atomic mass is 9.82. The molecule has 2 N–H and O–H groups in total. The topological polar surface area (TPSA) is 79.5 Å². The van der Waals surface area contributed by atoms with Gasteiger partial charge < -0.3 is 14.8 Å². The summed E-state index contributed by atoms with van der Waals surface area (Å²) in [6.45, 7) is 6.15. The predicted molar refractivity (Wildman–Crippen MR) is 78.3 cm³/mol. The first-order valence-corrected chi connectivity index (χ1v) is 7.47. The van der Waals surface area contributed by atoms with E-state index in [9.17, 15) is 9.59 Å². The first-order chi connectivity index (χ1) is 9.90. The third-order valence-corrected chi connectivity index (χ3v) is 4.54. The number of hydrogen-bond donors (Lipinski definition) is 2. The second-order valence-electron chi connectivity index (χ2n) is 5.98. The Morgan fingerprint density at radius 2 is 1.76 bits per heavy atom. The van der Waals surface area contributed by atoms with E-state index in [1.54, 1.807) is 6.92 Å². The number of aliphatic carboxylic acids is 1. The number of carbonyl (C=O) groups is 2. The van der Waals surface area contributed by atoms with Gasteiger partial charge in [0.2, 0.25) is 0 Å². The molecule has 0 aliphatic heterocycles. The molecule has 116 valence electrons. The Bertz CT molecular complexity index is 539. The Morgan fingerprint density at radius 3 is 2.24 bits per heavy atom. The summed E-state index contributed by atoms with van der Waals surface area (Å²) in [6.07, 6.45) is 3.14. The smallest absolute Gasteiger partial charge is 0.306 e. The largest absolute Gasteiger partial charge is 0.481 e. The van der Waals surface area contributed by atoms with Crippen LogP contribution in [0.4, 0.5) is 0 Å². The van der Waals surface area contributed by atoms with Crippen molar-refractivity contribution in [1.29, 1.82) is 0 Å². The predicted octanol–water partition coefficient (Wildman–Crippen LogP) is 2.83. The highest BCUT2D eigenvalue weighted by molar-refractivity contribution is 5.96. The summed E-state index contributed by atoms with van der Waals surface area (Å²) in [6, 6.07) is 0. The number of aryl methyl sites for hydroxylation is 2. The first kappa shape index (κ1) is 15.6. The number of carboxylic acid groups (broad SMARTS) is 1. The molecule has 1 saturated carbocycles. The third-order valence-electron chi connectivity index (χ3n) is 4.54. The summed E-state index contributed by atoms with van der Waals surface area (Å²) in [5.41, 5.74) is 1.52. The van der Waals surface area contributed by atoms with Crippen molar-refractivity contribution >= 4 is 11.9 Å². The van der Waals surface area contributed by atoms with E-state index in [1.165, 1.54) is 0 Å². The first-order valence-electron chi connectivity index (χ1n) is 7.47. The van der Waals surface area contributed by atoms with E-state index < -0.39 is 5.97 Å². The Labute approximate surface area is 124 Å². The van der Waals surface area contributed by atoms with E-state index in [-0.39, 0.29) is 11.8 Å². The standard InChI is InChI=1S/C16H23NO4/c1-9-10(2)21-11(3)14(9)15(18)17-8-12-4-6-13(7-5-12)16(19)20/h12-13H,4-8H2,1-3H3,(H,17,18)(H,19,20). The zero-order valence-electron chi connectivity index (χ0n) is 12.9. The van der Waals surface area contributed by atoms with Gasteiger partial charge in [0.25, 0.3) is 5.91 Å². The van der Waals surface area contributed by atoms with Crippen molar-refractivity contribution in [3.8, 4) is 0 Å². The maximum atomic E-state index is 12.2. The van der Waals surface area contributed by atoms with Crippen LogP contribution in [0.1, 0.15) is 53.1 Å². The summed E-state index contributed by atoms with van der Waals surface area (Å²) in [5, 5.41) is 11.9. The average molecular weight is 293 g/mol. The van der Waals surface area contributed by atoms with Crippen LogP contribution in [0.2, 0.25) is 0 Å². The van der Waals surface area contributed by atoms with Crippen LogP contribution >= 0.6 is 0 Å². The molecule has 2 rings (SSSR count). The number of carbonyl (C=O) groups excluding carboxylic acids is 1. The van der Waals surface area contributed by atoms with Gasteiger partial charge in [-0.3, -0.25) is 9.59 Å². The van der Waals surface area contributed by atoms with Crippen LogP contribution < -0.4 is 5.32 Å². The zero-order valence-corrected chi connectivity index (χ0v) is 12.9. The Hall–Kier alpha value is -1.78. The lowest BCUT2D eigenvalue weighted by Gasteiger charge is -2.26. The molecular formula is C16H23NO4. The molecule has 5 heteroatoms. The number of rotatable bonds is 4. The molecule has 1 fully saturated rings. The summed E-state index contributed by atoms with van der Waals surface area (Å²) >= 11 is 0. The minimum Gasteiger partial charge on any atom is -0.481 e. The molecule has 0 unspecified atom stereocenters. The van der Waals surface area contributed by atoms with Gasteiger partial charge in [-0.15, -0.1) is 0 Å². The normalized spacial score (nSPS) is 22.0. The van der Waals surface area contributed by atoms with Crippen LogP contribution in [0.25, 0.3) is 0 Å². The highest BCUT2D eigenvalue weighted by Crippen LogP contribution is 2.28. The third kappa shape index (κ3) is 3.46. The second-order valence-corrected chi connectivity index (χ2v) is 5.98. The van der Waals surface area contributed by atoms with Gasteiger partial charge in [-0.25, -0.2) is 0 Å². The fourth-order valence-electron chi connectivity index (χ4n) is 3.07. The number of nitrogens with one attached hydrogen (secondary N) is 1. The molecular weight excluding hydrogens is 270 g/mol. The minimum absolute atomic E-state index is 0.0952. The van der Waals surface area contributed by atoms with E-state index in [2.05, 4.69) is 5.32 Å². The van der Waals surface area contributed by atoms with E-state index in [0.29, 0.717) is 36.6 Å². The average Bonchev–Trinajstić information content (AvgIpc) is 2.70. The van der Waals surface area contributed by atoms with Crippen molar-refractivity contribution in [2.75, 3.05) is 6.54 Å². The van der Waals surface area contributed by atoms with Crippen LogP contribution in [0, 0.1) is 32.6 Å². The maximum Gasteiger partial charge on any atom is 0.306 e. The molecule has 1 aromatic heterocycles. The van der Waals surface area contributed by atoms with Gasteiger partial charge in [0, 0.05) is 12.1 Å². The van der Waals surface area contributed by atoms with Gasteiger partial charge in [0.05, 0.1) is 11.5 Å². The molecule has 5 nitrogen and oxygen atoms in total. The molecule has 1 aromatic rings. The van der Waals surface area contributed by atoms with E-state index in [4.69, 9.17) is 9.52 Å². The van der Waals surface area contributed by atoms with Gasteiger partial charge in [-0.2, -0.15) is 0 Å². The number of hydrogen-bond acceptors (Lipinski definition) is 3. The lowest BCUT2D eigenvalue weighted by Crippen LogP contribution is -2.32. The van der Waals surface area contributed by atoms with Gasteiger partial charge in [0.15, 0.2) is 0 Å². The second kappa shape index (κ2) is 6.33. The summed E-state index contributed by atoms with van der Waals surface area (Å²) < 4.78 is 5.47. The minimum atomic E-state index is -0.697. The molecule has 21 heavy (non-hydrogen) atoms. The summed E-state index contributed by atoms with van der Waals surface area (Å²) in [7, 11) is 0. The van der Waals surface area contributed by atoms with Crippen LogP contribution in [-0.4, -0.2) is 23.5 Å². The molecule has 0 radical (unpaired) electrons. The summed E-state index contributed by atoms with van der Waals surface area (Å²) in [4.78, 5) is 23.2. The van der Waals surface area contributed by atoms with Crippen LogP contribution in [0.15, 0.2) is 4.42 Å². The Morgan fingerprint density at radius 1 is 1.14 bits per heavy atom. The Balaban J connectivity index is 1.86. The van der Waals surface area contributed by atoms with Crippen LogP contribution in [0.5, 0.6) is 0 Å². The fraction of sp³-hybridized carbons (Fsp3) is 0.625. The molecule has 1 amide bonds. The zero-order chi connectivity index (χ0) is 15.6. The number of carboxylic acids is 1. The van der Waals surface area contributed by atoms with Crippen LogP contribution in [0.3, 0.4) is 0 Å². The molecule has 0 saturated heterocycles. The molecule has 0 aromatic carbocycles. The summed E-state index contributed by atoms with van der Waals surface area (Å²) in [5.74, 6) is 0.799. The monoisotopic (exact) mass is 293 g/mol. The molecule has 0 spiro atoms. The quantitative estimate of drug-likeness (QED) is 0.894. The SMILES string of the molecule is Cc1oc(C)c(C(=O)NCC2CCC(C(=O)O)CC2)c1C. The Kier molecular flexibility index (Phi) is 4.70. The van der Waals surface area contributed by atoms with Crippen molar-refractivity contribution in [1.82, 2.24) is 5.32 Å². The van der Waals surface area contributed by atoms with Crippen molar-refractivity contribution in [3.63, 3.8) is 0 Å². The van der Waals surface area contributed by atoms with E-state index in [0.717, 1.165) is 24.2 Å². The van der Waals surface area contributed by atoms with Crippen molar-refractivity contribution < 1.29 is 19.1 Å². The number of amides is 1. The van der Waals surface area contributed by atoms with E-state index >= 15 is 0 Å². The maximum absolute atomic E-state index is 12.2. The fourth-order valence-corrected chi connectivity index (χ4v) is 3.07.